The van der Waals surface area contributed by atoms with Crippen molar-refractivity contribution in [1.82, 2.24) is 0 Å². The van der Waals surface area contributed by atoms with Crippen molar-refractivity contribution in [3.63, 3.8) is 0 Å². The van der Waals surface area contributed by atoms with Gasteiger partial charge in [0.2, 0.25) is 0 Å². The first kappa shape index (κ1) is 5.33. The Morgan fingerprint density at radius 3 is 2.40 bits per heavy atom. The van der Waals surface area contributed by atoms with Crippen LogP contribution in [0.1, 0.15) is 0 Å². The fourth-order valence-electron chi connectivity index (χ4n) is 0.0253. The number of halogens is 2. The van der Waals surface area contributed by atoms with Crippen LogP contribution in [0, 0.1) is 11.3 Å². The second-order valence-electron chi connectivity index (χ2n) is 0.405. The normalized spacial score (nSPS) is 5.20. The lowest BCUT2D eigenvalue weighted by Crippen LogP contribution is -1.49. The van der Waals surface area contributed by atoms with Crippen molar-refractivity contribution in [1.29, 1.82) is 0 Å². The molecule has 0 heterocycles. The van der Waals surface area contributed by atoms with Crippen LogP contribution >= 0.6 is 27.5 Å². The van der Waals surface area contributed by atoms with E-state index in [2.05, 4.69) is 27.2 Å². The van der Waals surface area contributed by atoms with Gasteiger partial charge in [-0.15, -0.1) is 0 Å². The standard InChI is InChI=1S/C3H2BrCl/c4-2-1-3-5/h2H2/i3+1. The zero-order chi connectivity index (χ0) is 4.12. The Morgan fingerprint density at radius 1 is 1.80 bits per heavy atom. The topological polar surface area (TPSA) is 0 Å². The smallest absolute Gasteiger partial charge is 0.0658 e. The lowest BCUT2D eigenvalue weighted by Gasteiger charge is -1.54. The van der Waals surface area contributed by atoms with E-state index in [1.807, 2.05) is 0 Å². The summed E-state index contributed by atoms with van der Waals surface area (Å²) >= 11 is 7.96. The summed E-state index contributed by atoms with van der Waals surface area (Å²) in [6.07, 6.45) is 0. The number of rotatable bonds is 0. The van der Waals surface area contributed by atoms with Gasteiger partial charge in [-0.25, -0.2) is 0 Å². The molecule has 0 nitrogen and oxygen atoms in total. The van der Waals surface area contributed by atoms with Gasteiger partial charge in [-0.1, -0.05) is 21.9 Å². The summed E-state index contributed by atoms with van der Waals surface area (Å²) in [4.78, 5) is 0. The third-order valence-electron chi connectivity index (χ3n) is 0.134. The molecule has 0 rings (SSSR count). The van der Waals surface area contributed by atoms with Gasteiger partial charge in [0, 0.05) is 5.38 Å². The molecule has 0 unspecified atom stereocenters. The van der Waals surface area contributed by atoms with Crippen molar-refractivity contribution in [3.05, 3.63) is 0 Å². The molecule has 28 valence electrons. The van der Waals surface area contributed by atoms with Crippen molar-refractivity contribution >= 4 is 27.5 Å². The Bertz CT molecular complexity index is 59.0. The van der Waals surface area contributed by atoms with Crippen molar-refractivity contribution in [2.45, 2.75) is 0 Å². The van der Waals surface area contributed by atoms with Crippen molar-refractivity contribution in [3.8, 4) is 11.3 Å². The summed E-state index contributed by atoms with van der Waals surface area (Å²) in [5.41, 5.74) is 0. The molecule has 0 aromatic rings. The molecular formula is C3H2BrCl. The summed E-state index contributed by atoms with van der Waals surface area (Å²) in [6, 6.07) is 0. The quantitative estimate of drug-likeness (QED) is 0.282. The van der Waals surface area contributed by atoms with Crippen molar-refractivity contribution in [2.75, 3.05) is 5.33 Å². The first-order valence-corrected chi connectivity index (χ1v) is 2.56. The van der Waals surface area contributed by atoms with E-state index in [0.717, 1.165) is 0 Å². The molecule has 0 aliphatic heterocycles. The zero-order valence-corrected chi connectivity index (χ0v) is 4.80. The Morgan fingerprint density at radius 2 is 2.40 bits per heavy atom. The molecule has 0 fully saturated rings. The zero-order valence-electron chi connectivity index (χ0n) is 2.46. The second kappa shape index (κ2) is 4.33. The van der Waals surface area contributed by atoms with Gasteiger partial charge in [0.25, 0.3) is 0 Å². The average molecular weight is 154 g/mol. The molecule has 0 radical (unpaired) electrons. The monoisotopic (exact) mass is 153 g/mol. The maximum absolute atomic E-state index is 4.91. The van der Waals surface area contributed by atoms with Gasteiger partial charge >= 0.3 is 0 Å². The Labute approximate surface area is 44.6 Å². The minimum atomic E-state index is 0.663. The van der Waals surface area contributed by atoms with Crippen LogP contribution in [0.5, 0.6) is 0 Å². The van der Waals surface area contributed by atoms with Crippen LogP contribution in [0.2, 0.25) is 0 Å². The van der Waals surface area contributed by atoms with Gasteiger partial charge in [0.15, 0.2) is 0 Å². The predicted octanol–water partition coefficient (Wildman–Crippen LogP) is 1.58. The van der Waals surface area contributed by atoms with Gasteiger partial charge in [-0.05, 0) is 11.6 Å². The number of alkyl halides is 1. The molecule has 5 heavy (non-hydrogen) atoms. The van der Waals surface area contributed by atoms with Crippen LogP contribution in [-0.4, -0.2) is 5.33 Å². The Kier molecular flexibility index (Phi) is 4.62. The fourth-order valence-corrected chi connectivity index (χ4v) is 0.394. The number of hydrogen-bond acceptors (Lipinski definition) is 0. The first-order valence-electron chi connectivity index (χ1n) is 1.06. The highest BCUT2D eigenvalue weighted by atomic mass is 79.9. The third kappa shape index (κ3) is 4.33. The molecule has 0 aliphatic rings. The van der Waals surface area contributed by atoms with Gasteiger partial charge in [-0.3, -0.25) is 0 Å². The summed E-state index contributed by atoms with van der Waals surface area (Å²) in [7, 11) is 0. The molecule has 0 saturated heterocycles. The minimum absolute atomic E-state index is 0.663. The molecule has 0 spiro atoms. The van der Waals surface area contributed by atoms with Crippen molar-refractivity contribution in [2.24, 2.45) is 0 Å². The van der Waals surface area contributed by atoms with Crippen LogP contribution in [0.3, 0.4) is 0 Å². The van der Waals surface area contributed by atoms with Gasteiger partial charge in [-0.2, -0.15) is 0 Å². The third-order valence-corrected chi connectivity index (χ3v) is 0.548. The van der Waals surface area contributed by atoms with Crippen LogP contribution in [0.15, 0.2) is 0 Å². The fraction of sp³-hybridized carbons (Fsp3) is 0.333. The minimum Gasteiger partial charge on any atom is -0.0786 e. The van der Waals surface area contributed by atoms with E-state index in [-0.39, 0.29) is 0 Å². The molecule has 2 heteroatoms. The predicted molar refractivity (Wildman–Crippen MR) is 27.4 cm³/mol. The maximum Gasteiger partial charge on any atom is 0.0658 e. The van der Waals surface area contributed by atoms with Crippen molar-refractivity contribution < 1.29 is 0 Å². The largest absolute Gasteiger partial charge is 0.0786 e. The summed E-state index contributed by atoms with van der Waals surface area (Å²) in [6.45, 7) is 0. The Balaban J connectivity index is 2.81. The molecule has 0 saturated carbocycles. The van der Waals surface area contributed by atoms with Crippen LogP contribution in [0.4, 0.5) is 0 Å². The molecular weight excluding hydrogens is 152 g/mol. The molecule has 0 bridgehead atoms. The highest BCUT2D eigenvalue weighted by Crippen LogP contribution is 1.72. The SMILES string of the molecule is Cl[13C]#CCBr. The highest BCUT2D eigenvalue weighted by molar-refractivity contribution is 9.09. The van der Waals surface area contributed by atoms with Crippen LogP contribution in [0.25, 0.3) is 0 Å². The van der Waals surface area contributed by atoms with E-state index < -0.39 is 0 Å². The van der Waals surface area contributed by atoms with E-state index in [0.29, 0.717) is 5.33 Å². The average Bonchev–Trinajstić information content (AvgIpc) is 1.41. The molecule has 0 aliphatic carbocycles. The van der Waals surface area contributed by atoms with E-state index in [4.69, 9.17) is 11.6 Å². The summed E-state index contributed by atoms with van der Waals surface area (Å²) in [5, 5.41) is 2.86. The molecule has 0 aromatic heterocycles. The van der Waals surface area contributed by atoms with Gasteiger partial charge in [0.1, 0.15) is 0 Å². The second-order valence-corrected chi connectivity index (χ2v) is 1.15. The van der Waals surface area contributed by atoms with E-state index in [1.165, 1.54) is 0 Å². The van der Waals surface area contributed by atoms with Crippen LogP contribution in [-0.2, 0) is 0 Å². The summed E-state index contributed by atoms with van der Waals surface area (Å²) in [5.74, 6) is 2.54. The van der Waals surface area contributed by atoms with E-state index >= 15 is 0 Å². The van der Waals surface area contributed by atoms with E-state index in [9.17, 15) is 0 Å². The lowest BCUT2D eigenvalue weighted by atomic mass is 10.9. The van der Waals surface area contributed by atoms with Gasteiger partial charge in [0.05, 0.1) is 5.33 Å². The molecule has 0 N–H and O–H groups in total. The first-order chi connectivity index (χ1) is 2.41. The summed E-state index contributed by atoms with van der Waals surface area (Å²) < 4.78 is 0. The molecule has 0 atom stereocenters. The molecule has 0 amide bonds. The van der Waals surface area contributed by atoms with Crippen LogP contribution < -0.4 is 0 Å². The van der Waals surface area contributed by atoms with E-state index in [1.54, 1.807) is 0 Å². The Hall–Kier alpha value is 0.330. The number of hydrogen-bond donors (Lipinski definition) is 0. The molecule has 0 aromatic carbocycles. The van der Waals surface area contributed by atoms with Gasteiger partial charge < -0.3 is 0 Å². The highest BCUT2D eigenvalue weighted by Gasteiger charge is 1.52. The maximum atomic E-state index is 4.91. The lowest BCUT2D eigenvalue weighted by molar-refractivity contribution is 2.01.